The van der Waals surface area contributed by atoms with Crippen LogP contribution in [0.2, 0.25) is 22.0 Å². The van der Waals surface area contributed by atoms with Gasteiger partial charge in [-0.15, -0.1) is 0 Å². The van der Waals surface area contributed by atoms with Crippen LogP contribution in [0.5, 0.6) is 0 Å². The van der Waals surface area contributed by atoms with Crippen molar-refractivity contribution in [2.24, 2.45) is 0 Å². The van der Waals surface area contributed by atoms with Gasteiger partial charge in [-0.2, -0.15) is 0 Å². The first-order valence-corrected chi connectivity index (χ1v) is 14.4. The topological polar surface area (TPSA) is 0 Å². The van der Waals surface area contributed by atoms with Gasteiger partial charge in [0.25, 0.3) is 0 Å². The van der Waals surface area contributed by atoms with Crippen molar-refractivity contribution in [3.8, 4) is 0 Å². The summed E-state index contributed by atoms with van der Waals surface area (Å²) in [5.74, 6) is 6.69. The van der Waals surface area contributed by atoms with E-state index in [9.17, 15) is 0 Å². The molecule has 1 aliphatic heterocycles. The van der Waals surface area contributed by atoms with Crippen LogP contribution < -0.4 is 0 Å². The number of hydrogen-bond acceptors (Lipinski definition) is 0. The Morgan fingerprint density at radius 1 is 0.684 bits per heavy atom. The molecular formula is C18H22Ge. The van der Waals surface area contributed by atoms with Gasteiger partial charge in [0.1, 0.15) is 0 Å². The van der Waals surface area contributed by atoms with Gasteiger partial charge in [0.05, 0.1) is 0 Å². The zero-order valence-electron chi connectivity index (χ0n) is 11.8. The molecule has 2 aromatic carbocycles. The summed E-state index contributed by atoms with van der Waals surface area (Å²) in [6.07, 6.45) is 0. The first-order valence-electron chi connectivity index (χ1n) is 7.26. The molecule has 2 unspecified atom stereocenters. The average molecular weight is 311 g/mol. The Hall–Kier alpha value is -1.02. The van der Waals surface area contributed by atoms with Gasteiger partial charge in [-0.1, -0.05) is 0 Å². The molecule has 3 rings (SSSR count). The van der Waals surface area contributed by atoms with E-state index < -0.39 is 13.3 Å². The molecule has 1 saturated heterocycles. The Kier molecular flexibility index (Phi) is 3.53. The summed E-state index contributed by atoms with van der Waals surface area (Å²) in [6.45, 7) is 0. The molecule has 0 radical (unpaired) electrons. The van der Waals surface area contributed by atoms with Crippen molar-refractivity contribution >= 4 is 13.3 Å². The van der Waals surface area contributed by atoms with Gasteiger partial charge in [0.2, 0.25) is 0 Å². The van der Waals surface area contributed by atoms with Crippen molar-refractivity contribution in [1.82, 2.24) is 0 Å². The fraction of sp³-hybridized carbons (Fsp3) is 0.333. The second kappa shape index (κ2) is 5.16. The maximum absolute atomic E-state index is 2.60. The molecule has 0 bridgehead atoms. The van der Waals surface area contributed by atoms with E-state index in [0.717, 1.165) is 11.8 Å². The maximum atomic E-state index is 2.60. The van der Waals surface area contributed by atoms with Gasteiger partial charge < -0.3 is 0 Å². The first-order chi connectivity index (χ1) is 9.16. The molecule has 1 aliphatic rings. The molecule has 2 atom stereocenters. The predicted molar refractivity (Wildman–Crippen MR) is 85.5 cm³/mol. The molecule has 0 nitrogen and oxygen atoms in total. The summed E-state index contributed by atoms with van der Waals surface area (Å²) in [5.41, 5.74) is 3.10. The van der Waals surface area contributed by atoms with Gasteiger partial charge in [0.15, 0.2) is 0 Å². The summed E-state index contributed by atoms with van der Waals surface area (Å²) < 4.78 is 0. The quantitative estimate of drug-likeness (QED) is 0.662. The van der Waals surface area contributed by atoms with Crippen LogP contribution in [0, 0.1) is 0 Å². The fourth-order valence-electron chi connectivity index (χ4n) is 3.66. The molecule has 19 heavy (non-hydrogen) atoms. The van der Waals surface area contributed by atoms with E-state index in [0.29, 0.717) is 0 Å². The van der Waals surface area contributed by atoms with Crippen LogP contribution in [-0.4, -0.2) is 13.3 Å². The molecule has 0 aliphatic carbocycles. The Balaban J connectivity index is 1.97. The third kappa shape index (κ3) is 2.79. The van der Waals surface area contributed by atoms with Gasteiger partial charge >= 0.3 is 119 Å². The van der Waals surface area contributed by atoms with Gasteiger partial charge in [0, 0.05) is 0 Å². The molecule has 1 heterocycles. The number of benzene rings is 2. The van der Waals surface area contributed by atoms with Crippen LogP contribution in [0.1, 0.15) is 23.0 Å². The SMILES string of the molecule is [CH3][Ge]1([CH3])[CH2]C(c2ccccc2)C(c2ccccc2)[CH2]1. The zero-order chi connectivity index (χ0) is 13.3. The van der Waals surface area contributed by atoms with Crippen LogP contribution in [0.3, 0.4) is 0 Å². The molecular weight excluding hydrogens is 289 g/mol. The van der Waals surface area contributed by atoms with Crippen LogP contribution in [-0.2, 0) is 0 Å². The van der Waals surface area contributed by atoms with Crippen LogP contribution in [0.15, 0.2) is 60.7 Å². The van der Waals surface area contributed by atoms with E-state index in [2.05, 4.69) is 72.2 Å². The number of rotatable bonds is 2. The Morgan fingerprint density at radius 2 is 1.05 bits per heavy atom. The fourth-order valence-corrected chi connectivity index (χ4v) is 11.2. The molecule has 0 amide bonds. The van der Waals surface area contributed by atoms with E-state index >= 15 is 0 Å². The summed E-state index contributed by atoms with van der Waals surface area (Å²) >= 11 is -1.55. The van der Waals surface area contributed by atoms with Crippen molar-refractivity contribution in [2.75, 3.05) is 0 Å². The van der Waals surface area contributed by atoms with E-state index in [4.69, 9.17) is 0 Å². The van der Waals surface area contributed by atoms with Gasteiger partial charge in [-0.25, -0.2) is 0 Å². The van der Waals surface area contributed by atoms with Crippen molar-refractivity contribution < 1.29 is 0 Å². The first kappa shape index (κ1) is 13.0. The second-order valence-corrected chi connectivity index (χ2v) is 17.4. The standard InChI is InChI=1S/C18H22Ge/c1-19(2)13-17(15-9-5-3-6-10-15)18(14-19)16-11-7-4-8-12-16/h3-12,17-18H,13-14H2,1-2H3. The second-order valence-electron chi connectivity index (χ2n) is 6.61. The van der Waals surface area contributed by atoms with Crippen LogP contribution >= 0.6 is 0 Å². The zero-order valence-corrected chi connectivity index (χ0v) is 13.9. The minimum absolute atomic E-state index is 0.749. The molecule has 1 heteroatoms. The molecule has 1 fully saturated rings. The molecule has 0 spiro atoms. The predicted octanol–water partition coefficient (Wildman–Crippen LogP) is 5.28. The van der Waals surface area contributed by atoms with Crippen LogP contribution in [0.25, 0.3) is 0 Å². The van der Waals surface area contributed by atoms with Gasteiger partial charge in [-0.05, 0) is 0 Å². The third-order valence-corrected chi connectivity index (χ3v) is 11.0. The van der Waals surface area contributed by atoms with Crippen molar-refractivity contribution in [2.45, 2.75) is 33.9 Å². The van der Waals surface area contributed by atoms with E-state index in [1.165, 1.54) is 10.5 Å². The Morgan fingerprint density at radius 3 is 1.42 bits per heavy atom. The molecule has 0 saturated carbocycles. The molecule has 0 N–H and O–H groups in total. The van der Waals surface area contributed by atoms with Crippen molar-refractivity contribution in [3.63, 3.8) is 0 Å². The van der Waals surface area contributed by atoms with E-state index in [1.807, 2.05) is 0 Å². The number of hydrogen-bond donors (Lipinski definition) is 0. The Bertz CT molecular complexity index is 481. The summed E-state index contributed by atoms with van der Waals surface area (Å²) in [5, 5.41) is 2.95. The monoisotopic (exact) mass is 312 g/mol. The average Bonchev–Trinajstić information content (AvgIpc) is 2.77. The summed E-state index contributed by atoms with van der Waals surface area (Å²) in [7, 11) is 0. The molecule has 0 aromatic heterocycles. The molecule has 2 aromatic rings. The van der Waals surface area contributed by atoms with Crippen LogP contribution in [0.4, 0.5) is 0 Å². The minimum atomic E-state index is -1.55. The summed E-state index contributed by atoms with van der Waals surface area (Å²) in [6, 6.07) is 22.3. The molecule has 98 valence electrons. The van der Waals surface area contributed by atoms with Gasteiger partial charge in [-0.3, -0.25) is 0 Å². The normalized spacial score (nSPS) is 25.4. The third-order valence-electron chi connectivity index (χ3n) is 4.49. The Labute approximate surface area is 119 Å². The van der Waals surface area contributed by atoms with Crippen molar-refractivity contribution in [1.29, 1.82) is 0 Å². The van der Waals surface area contributed by atoms with Crippen molar-refractivity contribution in [3.05, 3.63) is 71.8 Å². The van der Waals surface area contributed by atoms with E-state index in [-0.39, 0.29) is 0 Å². The summed E-state index contributed by atoms with van der Waals surface area (Å²) in [4.78, 5) is 0. The van der Waals surface area contributed by atoms with E-state index in [1.54, 1.807) is 11.1 Å².